The Bertz CT molecular complexity index is 163. The first kappa shape index (κ1) is 9.44. The van der Waals surface area contributed by atoms with E-state index in [9.17, 15) is 5.11 Å². The van der Waals surface area contributed by atoms with E-state index in [-0.39, 0.29) is 6.10 Å². The number of nitrogens with two attached hydrogens (primary N) is 1. The fourth-order valence-corrected chi connectivity index (χ4v) is 1.24. The van der Waals surface area contributed by atoms with Crippen molar-refractivity contribution in [3.8, 4) is 0 Å². The lowest BCUT2D eigenvalue weighted by atomic mass is 10.2. The first-order valence-corrected chi connectivity index (χ1v) is 3.83. The molecule has 0 spiro atoms. The predicted molar refractivity (Wildman–Crippen MR) is 43.8 cm³/mol. The second-order valence-electron chi connectivity index (χ2n) is 2.71. The summed E-state index contributed by atoms with van der Waals surface area (Å²) in [5.74, 6) is 0. The Hall–Kier alpha value is -0.650. The van der Waals surface area contributed by atoms with Crippen molar-refractivity contribution < 1.29 is 14.6 Å². The number of rotatable bonds is 3. The molecule has 0 aromatic rings. The van der Waals surface area contributed by atoms with Crippen molar-refractivity contribution in [3.63, 3.8) is 0 Å². The van der Waals surface area contributed by atoms with Gasteiger partial charge in [0.05, 0.1) is 19.0 Å². The van der Waals surface area contributed by atoms with Crippen LogP contribution in [0.5, 0.6) is 0 Å². The average Bonchev–Trinajstić information content (AvgIpc) is 2.34. The summed E-state index contributed by atoms with van der Waals surface area (Å²) in [7, 11) is 1.59. The van der Waals surface area contributed by atoms with Gasteiger partial charge in [0.15, 0.2) is 6.23 Å². The Balaban J connectivity index is 2.39. The van der Waals surface area contributed by atoms with Crippen LogP contribution in [0.4, 0.5) is 0 Å². The van der Waals surface area contributed by atoms with Crippen LogP contribution in [0.15, 0.2) is 4.99 Å². The molecule has 12 heavy (non-hydrogen) atoms. The Morgan fingerprint density at radius 3 is 3.17 bits per heavy atom. The predicted octanol–water partition coefficient (Wildman–Crippen LogP) is -0.904. The van der Waals surface area contributed by atoms with E-state index in [2.05, 4.69) is 4.99 Å². The maximum Gasteiger partial charge on any atom is 0.176 e. The molecule has 0 bridgehead atoms. The van der Waals surface area contributed by atoms with E-state index in [1.807, 2.05) is 0 Å². The molecule has 3 atom stereocenters. The monoisotopic (exact) mass is 174 g/mol. The molecule has 0 radical (unpaired) electrons. The zero-order valence-corrected chi connectivity index (χ0v) is 7.01. The Kier molecular flexibility index (Phi) is 3.46. The highest BCUT2D eigenvalue weighted by atomic mass is 16.6. The van der Waals surface area contributed by atoms with Crippen molar-refractivity contribution in [2.75, 3.05) is 13.7 Å². The van der Waals surface area contributed by atoms with Gasteiger partial charge in [0.25, 0.3) is 0 Å². The molecular formula is C7H14N2O3. The van der Waals surface area contributed by atoms with Crippen molar-refractivity contribution in [2.24, 2.45) is 10.7 Å². The number of hydrogen-bond acceptors (Lipinski definition) is 4. The van der Waals surface area contributed by atoms with Crippen LogP contribution in [0, 0.1) is 0 Å². The van der Waals surface area contributed by atoms with Crippen LogP contribution in [-0.2, 0) is 9.47 Å². The zero-order valence-electron chi connectivity index (χ0n) is 7.01. The van der Waals surface area contributed by atoms with Gasteiger partial charge >= 0.3 is 0 Å². The molecule has 5 nitrogen and oxygen atoms in total. The molecular weight excluding hydrogens is 160 g/mol. The fraction of sp³-hybridized carbons (Fsp3) is 0.857. The minimum Gasteiger partial charge on any atom is -0.390 e. The molecule has 1 saturated heterocycles. The molecule has 1 heterocycles. The lowest BCUT2D eigenvalue weighted by Crippen LogP contribution is -2.19. The normalized spacial score (nSPS) is 36.3. The van der Waals surface area contributed by atoms with Crippen LogP contribution >= 0.6 is 0 Å². The summed E-state index contributed by atoms with van der Waals surface area (Å²) in [4.78, 5) is 3.76. The second kappa shape index (κ2) is 4.39. The van der Waals surface area contributed by atoms with E-state index in [1.54, 1.807) is 7.11 Å². The van der Waals surface area contributed by atoms with Crippen LogP contribution in [0.2, 0.25) is 0 Å². The first-order valence-electron chi connectivity index (χ1n) is 3.83. The number of aliphatic hydroxyl groups excluding tert-OH is 1. The van der Waals surface area contributed by atoms with E-state index in [0.717, 1.165) is 6.34 Å². The summed E-state index contributed by atoms with van der Waals surface area (Å²) < 4.78 is 10.2. The lowest BCUT2D eigenvalue weighted by molar-refractivity contribution is -0.0133. The van der Waals surface area contributed by atoms with Gasteiger partial charge in [-0.1, -0.05) is 0 Å². The van der Waals surface area contributed by atoms with Gasteiger partial charge in [-0.2, -0.15) is 0 Å². The SMILES string of the molecule is COC[C@@H]1C[C@@H](O)[C@H](N=CN)O1. The molecule has 1 fully saturated rings. The Morgan fingerprint density at radius 2 is 2.58 bits per heavy atom. The first-order chi connectivity index (χ1) is 5.77. The smallest absolute Gasteiger partial charge is 0.176 e. The Morgan fingerprint density at radius 1 is 1.83 bits per heavy atom. The topological polar surface area (TPSA) is 77.1 Å². The molecule has 1 aliphatic heterocycles. The summed E-state index contributed by atoms with van der Waals surface area (Å²) in [6.07, 6.45) is 0.539. The minimum absolute atomic E-state index is 0.0706. The third-order valence-corrected chi connectivity index (χ3v) is 1.75. The molecule has 0 aromatic carbocycles. The van der Waals surface area contributed by atoms with Gasteiger partial charge in [-0.05, 0) is 0 Å². The highest BCUT2D eigenvalue weighted by Gasteiger charge is 2.32. The number of aliphatic hydroxyl groups is 1. The summed E-state index contributed by atoms with van der Waals surface area (Å²) in [5, 5.41) is 9.37. The molecule has 1 aliphatic rings. The number of nitrogens with zero attached hydrogens (tertiary/aromatic N) is 1. The molecule has 0 aromatic heterocycles. The van der Waals surface area contributed by atoms with Crippen LogP contribution in [-0.4, -0.2) is 43.6 Å². The summed E-state index contributed by atoms with van der Waals surface area (Å²) >= 11 is 0. The molecule has 0 saturated carbocycles. The number of methoxy groups -OCH3 is 1. The summed E-state index contributed by atoms with van der Waals surface area (Å²) in [5.41, 5.74) is 5.08. The lowest BCUT2D eigenvalue weighted by Gasteiger charge is -2.08. The second-order valence-corrected chi connectivity index (χ2v) is 2.71. The van der Waals surface area contributed by atoms with Gasteiger partial charge in [-0.25, -0.2) is 4.99 Å². The fourth-order valence-electron chi connectivity index (χ4n) is 1.24. The largest absolute Gasteiger partial charge is 0.390 e. The van der Waals surface area contributed by atoms with Crippen LogP contribution in [0.3, 0.4) is 0 Å². The van der Waals surface area contributed by atoms with E-state index < -0.39 is 12.3 Å². The van der Waals surface area contributed by atoms with Crippen molar-refractivity contribution >= 4 is 6.34 Å². The number of hydrogen-bond donors (Lipinski definition) is 2. The van der Waals surface area contributed by atoms with E-state index >= 15 is 0 Å². The highest BCUT2D eigenvalue weighted by molar-refractivity contribution is 5.51. The van der Waals surface area contributed by atoms with Gasteiger partial charge in [-0.15, -0.1) is 0 Å². The maximum atomic E-state index is 9.37. The summed E-state index contributed by atoms with van der Waals surface area (Å²) in [6.45, 7) is 0.480. The van der Waals surface area contributed by atoms with Crippen LogP contribution < -0.4 is 5.73 Å². The molecule has 1 rings (SSSR count). The average molecular weight is 174 g/mol. The van der Waals surface area contributed by atoms with Gasteiger partial charge in [-0.3, -0.25) is 0 Å². The van der Waals surface area contributed by atoms with Crippen LogP contribution in [0.1, 0.15) is 6.42 Å². The van der Waals surface area contributed by atoms with Crippen molar-refractivity contribution in [1.82, 2.24) is 0 Å². The molecule has 3 N–H and O–H groups in total. The number of aliphatic imine (C=N–C) groups is 1. The molecule has 0 amide bonds. The highest BCUT2D eigenvalue weighted by Crippen LogP contribution is 2.20. The van der Waals surface area contributed by atoms with Crippen LogP contribution in [0.25, 0.3) is 0 Å². The standard InChI is InChI=1S/C7H14N2O3/c1-11-3-5-2-6(10)7(12-5)9-4-8/h4-7,10H,2-3H2,1H3,(H2,8,9)/t5-,6+,7+/m0/s1. The van der Waals surface area contributed by atoms with Crippen molar-refractivity contribution in [3.05, 3.63) is 0 Å². The quantitative estimate of drug-likeness (QED) is 0.429. The van der Waals surface area contributed by atoms with E-state index in [1.165, 1.54) is 0 Å². The van der Waals surface area contributed by atoms with E-state index in [4.69, 9.17) is 15.2 Å². The van der Waals surface area contributed by atoms with Gasteiger partial charge < -0.3 is 20.3 Å². The minimum atomic E-state index is -0.565. The van der Waals surface area contributed by atoms with Gasteiger partial charge in [0.1, 0.15) is 6.10 Å². The van der Waals surface area contributed by atoms with Crippen molar-refractivity contribution in [1.29, 1.82) is 0 Å². The molecule has 0 aliphatic carbocycles. The van der Waals surface area contributed by atoms with E-state index in [0.29, 0.717) is 13.0 Å². The van der Waals surface area contributed by atoms with Crippen molar-refractivity contribution in [2.45, 2.75) is 24.9 Å². The van der Waals surface area contributed by atoms with Gasteiger partial charge in [0, 0.05) is 13.5 Å². The Labute approximate surface area is 71.2 Å². The molecule has 5 heteroatoms. The maximum absolute atomic E-state index is 9.37. The molecule has 70 valence electrons. The zero-order chi connectivity index (χ0) is 8.97. The third-order valence-electron chi connectivity index (χ3n) is 1.75. The van der Waals surface area contributed by atoms with Gasteiger partial charge in [0.2, 0.25) is 0 Å². The molecule has 0 unspecified atom stereocenters. The summed E-state index contributed by atoms with van der Waals surface area (Å²) in [6, 6.07) is 0. The third kappa shape index (κ3) is 2.17. The number of ether oxygens (including phenoxy) is 2.